The first kappa shape index (κ1) is 25.2. The van der Waals surface area contributed by atoms with Crippen LogP contribution in [0.5, 0.6) is 5.75 Å². The summed E-state index contributed by atoms with van der Waals surface area (Å²) in [6.45, 7) is 8.61. The second-order valence-corrected chi connectivity index (χ2v) is 8.68. The van der Waals surface area contributed by atoms with Gasteiger partial charge < -0.3 is 19.6 Å². The number of amides is 1. The fourth-order valence-electron chi connectivity index (χ4n) is 4.65. The molecule has 3 aromatic rings. The number of hydrogen-bond donors (Lipinski definition) is 1. The number of aromatic nitrogens is 2. The molecule has 0 radical (unpaired) electrons. The highest BCUT2D eigenvalue weighted by molar-refractivity contribution is 6.46. The number of carbonyl (C=O) groups is 2. The zero-order valence-corrected chi connectivity index (χ0v) is 21.1. The molecule has 1 saturated heterocycles. The lowest BCUT2D eigenvalue weighted by molar-refractivity contribution is -0.140. The summed E-state index contributed by atoms with van der Waals surface area (Å²) in [4.78, 5) is 30.3. The minimum Gasteiger partial charge on any atom is -0.507 e. The van der Waals surface area contributed by atoms with E-state index in [1.165, 1.54) is 6.20 Å². The van der Waals surface area contributed by atoms with Crippen LogP contribution in [-0.2, 0) is 9.59 Å². The lowest BCUT2D eigenvalue weighted by Gasteiger charge is -2.28. The molecular formula is C28H32N4O4. The first-order valence-electron chi connectivity index (χ1n) is 12.2. The van der Waals surface area contributed by atoms with Crippen LogP contribution in [0.25, 0.3) is 11.4 Å². The molecule has 2 aromatic carbocycles. The second kappa shape index (κ2) is 10.8. The standard InChI is InChI=1S/C28H32N4O4/c1-5-30(6-2)16-17-31-25(20-12-14-22(36-4)15-13-20)24(27(34)28(31)35)26(33)23-18-29-32(19(23)3)21-10-8-7-9-11-21/h7-15,18,25,33H,5-6,16-17H2,1-4H3/b26-24+. The SMILES string of the molecule is CCN(CC)CCN1C(=O)C(=O)/C(=C(/O)c2cnn(-c3ccccc3)c2C)C1c1ccc(OC)cc1. The van der Waals surface area contributed by atoms with Crippen molar-refractivity contribution in [3.63, 3.8) is 0 Å². The molecule has 1 aliphatic rings. The van der Waals surface area contributed by atoms with E-state index in [0.717, 1.165) is 24.3 Å². The van der Waals surface area contributed by atoms with Crippen molar-refractivity contribution in [2.24, 2.45) is 0 Å². The number of likely N-dealkylation sites (N-methyl/N-ethyl adjacent to an activating group) is 1. The van der Waals surface area contributed by atoms with Crippen LogP contribution < -0.4 is 4.74 Å². The molecular weight excluding hydrogens is 456 g/mol. The molecule has 0 aliphatic carbocycles. The van der Waals surface area contributed by atoms with Crippen LogP contribution in [0.4, 0.5) is 0 Å². The van der Waals surface area contributed by atoms with Crippen molar-refractivity contribution in [2.75, 3.05) is 33.3 Å². The van der Waals surface area contributed by atoms with Gasteiger partial charge in [0.15, 0.2) is 0 Å². The number of methoxy groups -OCH3 is 1. The molecule has 8 heteroatoms. The summed E-state index contributed by atoms with van der Waals surface area (Å²) in [5.41, 5.74) is 2.71. The van der Waals surface area contributed by atoms with E-state index in [2.05, 4.69) is 23.8 Å². The van der Waals surface area contributed by atoms with Crippen LogP contribution in [-0.4, -0.2) is 69.7 Å². The number of aliphatic hydroxyl groups is 1. The minimum absolute atomic E-state index is 0.0698. The predicted octanol–water partition coefficient (Wildman–Crippen LogP) is 3.95. The molecule has 1 aliphatic heterocycles. The number of ketones is 1. The number of nitrogens with zero attached hydrogens (tertiary/aromatic N) is 4. The number of rotatable bonds is 9. The summed E-state index contributed by atoms with van der Waals surface area (Å²) in [5.74, 6) is -0.865. The Hall–Kier alpha value is -3.91. The lowest BCUT2D eigenvalue weighted by atomic mass is 9.95. The van der Waals surface area contributed by atoms with E-state index in [9.17, 15) is 14.7 Å². The van der Waals surface area contributed by atoms with Crippen molar-refractivity contribution < 1.29 is 19.4 Å². The van der Waals surface area contributed by atoms with Gasteiger partial charge in [-0.2, -0.15) is 5.10 Å². The van der Waals surface area contributed by atoms with Gasteiger partial charge in [0.25, 0.3) is 11.7 Å². The molecule has 188 valence electrons. The minimum atomic E-state index is -0.717. The van der Waals surface area contributed by atoms with Gasteiger partial charge in [0.2, 0.25) is 0 Å². The van der Waals surface area contributed by atoms with Crippen molar-refractivity contribution in [3.05, 3.63) is 83.2 Å². The highest BCUT2D eigenvalue weighted by Gasteiger charge is 2.46. The number of para-hydroxylation sites is 1. The summed E-state index contributed by atoms with van der Waals surface area (Å²) in [5, 5.41) is 15.9. The fraction of sp³-hybridized carbons (Fsp3) is 0.321. The summed E-state index contributed by atoms with van der Waals surface area (Å²) < 4.78 is 6.99. The molecule has 1 fully saturated rings. The molecule has 0 spiro atoms. The molecule has 36 heavy (non-hydrogen) atoms. The number of benzene rings is 2. The van der Waals surface area contributed by atoms with Crippen LogP contribution >= 0.6 is 0 Å². The predicted molar refractivity (Wildman–Crippen MR) is 138 cm³/mol. The summed E-state index contributed by atoms with van der Waals surface area (Å²) >= 11 is 0. The topological polar surface area (TPSA) is 87.9 Å². The molecule has 1 aromatic heterocycles. The van der Waals surface area contributed by atoms with Gasteiger partial charge in [0, 0.05) is 13.1 Å². The van der Waals surface area contributed by atoms with Crippen LogP contribution in [0.1, 0.15) is 36.7 Å². The maximum Gasteiger partial charge on any atom is 0.295 e. The molecule has 4 rings (SSSR count). The first-order chi connectivity index (χ1) is 17.4. The van der Waals surface area contributed by atoms with Crippen LogP contribution in [0.2, 0.25) is 0 Å². The second-order valence-electron chi connectivity index (χ2n) is 8.68. The number of likely N-dealkylation sites (tertiary alicyclic amines) is 1. The van der Waals surface area contributed by atoms with Gasteiger partial charge in [-0.15, -0.1) is 0 Å². The number of hydrogen-bond acceptors (Lipinski definition) is 6. The summed E-state index contributed by atoms with van der Waals surface area (Å²) in [6.07, 6.45) is 1.53. The van der Waals surface area contributed by atoms with Gasteiger partial charge in [-0.05, 0) is 49.8 Å². The normalized spacial score (nSPS) is 17.2. The maximum atomic E-state index is 13.3. The lowest BCUT2D eigenvalue weighted by Crippen LogP contribution is -2.38. The Kier molecular flexibility index (Phi) is 7.55. The van der Waals surface area contributed by atoms with Gasteiger partial charge in [-0.3, -0.25) is 9.59 Å². The van der Waals surface area contributed by atoms with E-state index in [1.54, 1.807) is 28.8 Å². The average Bonchev–Trinajstić information content (AvgIpc) is 3.42. The molecule has 0 saturated carbocycles. The maximum absolute atomic E-state index is 13.3. The molecule has 0 bridgehead atoms. The van der Waals surface area contributed by atoms with E-state index in [-0.39, 0.29) is 11.3 Å². The number of aliphatic hydroxyl groups excluding tert-OH is 1. The molecule has 2 heterocycles. The Morgan fingerprint density at radius 3 is 2.33 bits per heavy atom. The zero-order chi connectivity index (χ0) is 25.8. The Morgan fingerprint density at radius 1 is 1.06 bits per heavy atom. The molecule has 1 N–H and O–H groups in total. The van der Waals surface area contributed by atoms with Gasteiger partial charge in [-0.1, -0.05) is 44.2 Å². The Balaban J connectivity index is 1.81. The van der Waals surface area contributed by atoms with Gasteiger partial charge in [0.05, 0.1) is 41.9 Å². The van der Waals surface area contributed by atoms with Gasteiger partial charge in [-0.25, -0.2) is 4.68 Å². The highest BCUT2D eigenvalue weighted by atomic mass is 16.5. The first-order valence-corrected chi connectivity index (χ1v) is 12.2. The van der Waals surface area contributed by atoms with Crippen molar-refractivity contribution in [3.8, 4) is 11.4 Å². The summed E-state index contributed by atoms with van der Waals surface area (Å²) in [7, 11) is 1.58. The smallest absolute Gasteiger partial charge is 0.295 e. The van der Waals surface area contributed by atoms with Crippen LogP contribution in [0, 0.1) is 6.92 Å². The van der Waals surface area contributed by atoms with Crippen LogP contribution in [0.15, 0.2) is 66.4 Å². The van der Waals surface area contributed by atoms with Gasteiger partial charge in [0.1, 0.15) is 11.5 Å². The number of ether oxygens (including phenoxy) is 1. The van der Waals surface area contributed by atoms with Crippen molar-refractivity contribution in [2.45, 2.75) is 26.8 Å². The zero-order valence-electron chi connectivity index (χ0n) is 21.1. The fourth-order valence-corrected chi connectivity index (χ4v) is 4.65. The number of Topliss-reactive ketones (excluding diaryl/α,β-unsaturated/α-hetero) is 1. The van der Waals surface area contributed by atoms with Crippen molar-refractivity contribution in [1.29, 1.82) is 0 Å². The molecule has 8 nitrogen and oxygen atoms in total. The third-order valence-corrected chi connectivity index (χ3v) is 6.79. The van der Waals surface area contributed by atoms with Crippen LogP contribution in [0.3, 0.4) is 0 Å². The third-order valence-electron chi connectivity index (χ3n) is 6.79. The largest absolute Gasteiger partial charge is 0.507 e. The Morgan fingerprint density at radius 2 is 1.72 bits per heavy atom. The summed E-state index contributed by atoms with van der Waals surface area (Å²) in [6, 6.07) is 16.1. The van der Waals surface area contributed by atoms with E-state index >= 15 is 0 Å². The molecule has 1 unspecified atom stereocenters. The van der Waals surface area contributed by atoms with E-state index in [4.69, 9.17) is 4.74 Å². The highest BCUT2D eigenvalue weighted by Crippen LogP contribution is 2.40. The molecule has 1 amide bonds. The van der Waals surface area contributed by atoms with Crippen molar-refractivity contribution >= 4 is 17.4 Å². The average molecular weight is 489 g/mol. The third kappa shape index (κ3) is 4.64. The molecule has 1 atom stereocenters. The van der Waals surface area contributed by atoms with Gasteiger partial charge >= 0.3 is 0 Å². The van der Waals surface area contributed by atoms with E-state index in [0.29, 0.717) is 30.1 Å². The monoisotopic (exact) mass is 488 g/mol. The van der Waals surface area contributed by atoms with E-state index in [1.807, 2.05) is 49.4 Å². The Bertz CT molecular complexity index is 1260. The van der Waals surface area contributed by atoms with E-state index < -0.39 is 17.7 Å². The quantitative estimate of drug-likeness (QED) is 0.279. The number of carbonyl (C=O) groups excluding carboxylic acids is 2. The Labute approximate surface area is 211 Å². The van der Waals surface area contributed by atoms with Crippen molar-refractivity contribution in [1.82, 2.24) is 19.6 Å².